The van der Waals surface area contributed by atoms with Crippen molar-refractivity contribution >= 4 is 5.91 Å². The molecule has 1 saturated heterocycles. The third-order valence-electron chi connectivity index (χ3n) is 3.65. The zero-order valence-corrected chi connectivity index (χ0v) is 10.0. The number of likely N-dealkylation sites (tertiary alicyclic amines) is 1. The topological polar surface area (TPSA) is 58.4 Å². The number of nitrogens with one attached hydrogen (secondary N) is 1. The van der Waals surface area contributed by atoms with Crippen molar-refractivity contribution in [2.75, 3.05) is 26.2 Å². The van der Waals surface area contributed by atoms with Crippen molar-refractivity contribution in [3.8, 4) is 0 Å². The molecule has 0 atom stereocenters. The molecule has 1 amide bonds. The fourth-order valence-electron chi connectivity index (χ4n) is 2.23. The minimum Gasteiger partial charge on any atom is -0.353 e. The van der Waals surface area contributed by atoms with Crippen molar-refractivity contribution in [2.24, 2.45) is 5.73 Å². The number of amides is 1. The SMILES string of the molecule is NC1(C(=O)NCCN2CCCCCC2)CC1. The number of carbonyl (C=O) groups excluding carboxylic acids is 1. The molecule has 0 aromatic rings. The Morgan fingerprint density at radius 1 is 1.19 bits per heavy atom. The minimum atomic E-state index is -0.515. The van der Waals surface area contributed by atoms with Gasteiger partial charge in [0.2, 0.25) is 5.91 Å². The molecule has 3 N–H and O–H groups in total. The summed E-state index contributed by atoms with van der Waals surface area (Å²) in [5, 5.41) is 2.95. The fraction of sp³-hybridized carbons (Fsp3) is 0.917. The first-order valence-corrected chi connectivity index (χ1v) is 6.50. The van der Waals surface area contributed by atoms with Crippen LogP contribution >= 0.6 is 0 Å². The van der Waals surface area contributed by atoms with Gasteiger partial charge in [-0.05, 0) is 38.8 Å². The molecule has 2 fully saturated rings. The van der Waals surface area contributed by atoms with Gasteiger partial charge in [-0.1, -0.05) is 12.8 Å². The average molecular weight is 225 g/mol. The second-order valence-corrected chi connectivity index (χ2v) is 5.17. The van der Waals surface area contributed by atoms with Crippen molar-refractivity contribution in [1.29, 1.82) is 0 Å². The van der Waals surface area contributed by atoms with Crippen LogP contribution in [0.2, 0.25) is 0 Å². The molecule has 0 bridgehead atoms. The Kier molecular flexibility index (Phi) is 3.82. The summed E-state index contributed by atoms with van der Waals surface area (Å²) >= 11 is 0. The third-order valence-corrected chi connectivity index (χ3v) is 3.65. The molecule has 92 valence electrons. The van der Waals surface area contributed by atoms with Crippen LogP contribution in [0.5, 0.6) is 0 Å². The lowest BCUT2D eigenvalue weighted by atomic mass is 10.2. The quantitative estimate of drug-likeness (QED) is 0.731. The maximum absolute atomic E-state index is 11.6. The van der Waals surface area contributed by atoms with Crippen LogP contribution in [0.25, 0.3) is 0 Å². The van der Waals surface area contributed by atoms with Crippen molar-refractivity contribution in [1.82, 2.24) is 10.2 Å². The standard InChI is InChI=1S/C12H23N3O/c13-12(5-6-12)11(16)14-7-10-15-8-3-1-2-4-9-15/h1-10,13H2,(H,14,16). The molecule has 2 aliphatic rings. The maximum atomic E-state index is 11.6. The molecule has 1 aliphatic heterocycles. The van der Waals surface area contributed by atoms with Gasteiger partial charge in [0.05, 0.1) is 5.54 Å². The van der Waals surface area contributed by atoms with Gasteiger partial charge >= 0.3 is 0 Å². The van der Waals surface area contributed by atoms with Crippen molar-refractivity contribution in [3.05, 3.63) is 0 Å². The Morgan fingerprint density at radius 2 is 1.81 bits per heavy atom. The molecule has 2 rings (SSSR count). The second kappa shape index (κ2) is 5.15. The van der Waals surface area contributed by atoms with E-state index in [0.29, 0.717) is 0 Å². The monoisotopic (exact) mass is 225 g/mol. The van der Waals surface area contributed by atoms with Crippen LogP contribution in [0.1, 0.15) is 38.5 Å². The summed E-state index contributed by atoms with van der Waals surface area (Å²) in [7, 11) is 0. The summed E-state index contributed by atoms with van der Waals surface area (Å²) in [5.41, 5.74) is 5.29. The van der Waals surface area contributed by atoms with Gasteiger partial charge in [0.25, 0.3) is 0 Å². The predicted octanol–water partition coefficient (Wildman–Crippen LogP) is 0.470. The number of carbonyl (C=O) groups is 1. The van der Waals surface area contributed by atoms with E-state index in [0.717, 1.165) is 25.9 Å². The van der Waals surface area contributed by atoms with Gasteiger partial charge < -0.3 is 16.0 Å². The second-order valence-electron chi connectivity index (χ2n) is 5.17. The molecule has 0 aromatic heterocycles. The first kappa shape index (κ1) is 11.9. The Morgan fingerprint density at radius 3 is 2.38 bits per heavy atom. The molecule has 0 unspecified atom stereocenters. The zero-order chi connectivity index (χ0) is 11.4. The van der Waals surface area contributed by atoms with E-state index in [1.807, 2.05) is 0 Å². The van der Waals surface area contributed by atoms with Crippen LogP contribution in [0.15, 0.2) is 0 Å². The number of rotatable bonds is 4. The molecule has 1 heterocycles. The number of nitrogens with two attached hydrogens (primary N) is 1. The molecule has 4 heteroatoms. The van der Waals surface area contributed by atoms with E-state index < -0.39 is 5.54 Å². The van der Waals surface area contributed by atoms with Crippen LogP contribution in [-0.2, 0) is 4.79 Å². The van der Waals surface area contributed by atoms with Crippen molar-refractivity contribution in [2.45, 2.75) is 44.1 Å². The van der Waals surface area contributed by atoms with Crippen LogP contribution in [0.3, 0.4) is 0 Å². The van der Waals surface area contributed by atoms with E-state index in [-0.39, 0.29) is 5.91 Å². The Labute approximate surface area is 97.6 Å². The highest BCUT2D eigenvalue weighted by Crippen LogP contribution is 2.31. The summed E-state index contributed by atoms with van der Waals surface area (Å²) in [6.07, 6.45) is 7.01. The normalized spacial score (nSPS) is 24.8. The lowest BCUT2D eigenvalue weighted by Gasteiger charge is -2.20. The van der Waals surface area contributed by atoms with Crippen LogP contribution in [0, 0.1) is 0 Å². The van der Waals surface area contributed by atoms with Gasteiger partial charge in [0.15, 0.2) is 0 Å². The summed E-state index contributed by atoms with van der Waals surface area (Å²) in [6, 6.07) is 0. The van der Waals surface area contributed by atoms with Crippen molar-refractivity contribution in [3.63, 3.8) is 0 Å². The molecular weight excluding hydrogens is 202 g/mol. The van der Waals surface area contributed by atoms with E-state index in [2.05, 4.69) is 10.2 Å². The van der Waals surface area contributed by atoms with E-state index in [4.69, 9.17) is 5.73 Å². The van der Waals surface area contributed by atoms with Crippen LogP contribution in [-0.4, -0.2) is 42.5 Å². The highest BCUT2D eigenvalue weighted by atomic mass is 16.2. The average Bonchev–Trinajstić information content (AvgIpc) is 3.04. The molecule has 4 nitrogen and oxygen atoms in total. The van der Waals surface area contributed by atoms with E-state index >= 15 is 0 Å². The zero-order valence-electron chi connectivity index (χ0n) is 10.0. The van der Waals surface area contributed by atoms with Crippen molar-refractivity contribution < 1.29 is 4.79 Å². The predicted molar refractivity (Wildman–Crippen MR) is 64.1 cm³/mol. The summed E-state index contributed by atoms with van der Waals surface area (Å²) < 4.78 is 0. The summed E-state index contributed by atoms with van der Waals surface area (Å²) in [5.74, 6) is 0.0438. The van der Waals surface area contributed by atoms with Gasteiger partial charge in [-0.25, -0.2) is 0 Å². The lowest BCUT2D eigenvalue weighted by Crippen LogP contribution is -2.45. The number of hydrogen-bond acceptors (Lipinski definition) is 3. The molecule has 0 spiro atoms. The molecule has 1 saturated carbocycles. The maximum Gasteiger partial charge on any atom is 0.240 e. The lowest BCUT2D eigenvalue weighted by molar-refractivity contribution is -0.123. The number of nitrogens with zero attached hydrogens (tertiary/aromatic N) is 1. The largest absolute Gasteiger partial charge is 0.353 e. The van der Waals surface area contributed by atoms with E-state index in [1.165, 1.54) is 38.8 Å². The van der Waals surface area contributed by atoms with Gasteiger partial charge in [-0.15, -0.1) is 0 Å². The number of hydrogen-bond donors (Lipinski definition) is 2. The van der Waals surface area contributed by atoms with E-state index in [9.17, 15) is 4.79 Å². The molecular formula is C12H23N3O. The smallest absolute Gasteiger partial charge is 0.240 e. The highest BCUT2D eigenvalue weighted by Gasteiger charge is 2.45. The fourth-order valence-corrected chi connectivity index (χ4v) is 2.23. The summed E-state index contributed by atoms with van der Waals surface area (Å²) in [4.78, 5) is 14.0. The van der Waals surface area contributed by atoms with Gasteiger partial charge in [-0.2, -0.15) is 0 Å². The first-order chi connectivity index (χ1) is 7.71. The van der Waals surface area contributed by atoms with Gasteiger partial charge in [-0.3, -0.25) is 4.79 Å². The molecule has 0 radical (unpaired) electrons. The van der Waals surface area contributed by atoms with Crippen LogP contribution < -0.4 is 11.1 Å². The molecule has 1 aliphatic carbocycles. The third kappa shape index (κ3) is 3.19. The summed E-state index contributed by atoms with van der Waals surface area (Å²) in [6.45, 7) is 4.09. The Balaban J connectivity index is 1.61. The van der Waals surface area contributed by atoms with Gasteiger partial charge in [0.1, 0.15) is 0 Å². The minimum absolute atomic E-state index is 0.0438. The molecule has 0 aromatic carbocycles. The molecule has 16 heavy (non-hydrogen) atoms. The highest BCUT2D eigenvalue weighted by molar-refractivity contribution is 5.88. The first-order valence-electron chi connectivity index (χ1n) is 6.50. The van der Waals surface area contributed by atoms with Gasteiger partial charge in [0, 0.05) is 13.1 Å². The van der Waals surface area contributed by atoms with Crippen LogP contribution in [0.4, 0.5) is 0 Å². The Hall–Kier alpha value is -0.610. The Bertz CT molecular complexity index is 243. The van der Waals surface area contributed by atoms with E-state index in [1.54, 1.807) is 0 Å².